The number of ether oxygens (including phenoxy) is 1. The zero-order valence-electron chi connectivity index (χ0n) is 22.4. The second kappa shape index (κ2) is 10.9. The van der Waals surface area contributed by atoms with E-state index in [9.17, 15) is 27.9 Å². The molecule has 214 valence electrons. The van der Waals surface area contributed by atoms with Gasteiger partial charge in [-0.15, -0.1) is 13.2 Å². The van der Waals surface area contributed by atoms with Crippen molar-refractivity contribution in [2.24, 2.45) is 0 Å². The second-order valence-electron chi connectivity index (χ2n) is 11.2. The second-order valence-corrected chi connectivity index (χ2v) is 11.2. The van der Waals surface area contributed by atoms with E-state index in [4.69, 9.17) is 4.52 Å². The van der Waals surface area contributed by atoms with Crippen molar-refractivity contribution in [3.05, 3.63) is 41.5 Å². The normalized spacial score (nSPS) is 21.1. The lowest BCUT2D eigenvalue weighted by Crippen LogP contribution is -2.57. The lowest BCUT2D eigenvalue weighted by molar-refractivity contribution is -0.274. The van der Waals surface area contributed by atoms with Crippen LogP contribution in [0.15, 0.2) is 28.8 Å². The third-order valence-electron chi connectivity index (χ3n) is 7.23. The largest absolute Gasteiger partial charge is 0.573 e. The number of carbonyl (C=O) groups excluding carboxylic acids is 1. The Bertz CT molecular complexity index is 1160. The molecule has 13 heteroatoms. The van der Waals surface area contributed by atoms with Gasteiger partial charge in [0.25, 0.3) is 0 Å². The predicted molar refractivity (Wildman–Crippen MR) is 133 cm³/mol. The minimum absolute atomic E-state index is 0.172. The minimum Gasteiger partial charge on any atom is -0.465 e. The maximum absolute atomic E-state index is 13.6. The molecule has 2 saturated heterocycles. The summed E-state index contributed by atoms with van der Waals surface area (Å²) in [7, 11) is 0. The van der Waals surface area contributed by atoms with Gasteiger partial charge in [0.05, 0.1) is 5.92 Å². The molecule has 0 aliphatic carbocycles. The number of alkyl halides is 3. The number of aryl methyl sites for hydroxylation is 1. The topological polar surface area (TPSA) is 112 Å². The van der Waals surface area contributed by atoms with E-state index in [0.717, 1.165) is 5.56 Å². The fraction of sp³-hybridized carbons (Fsp3) is 0.615. The summed E-state index contributed by atoms with van der Waals surface area (Å²) in [6.45, 7) is 8.82. The molecular weight excluding hydrogens is 519 g/mol. The molecule has 4 rings (SSSR count). The van der Waals surface area contributed by atoms with E-state index in [1.165, 1.54) is 17.0 Å². The number of piperidine rings is 2. The van der Waals surface area contributed by atoms with Crippen molar-refractivity contribution in [2.75, 3.05) is 26.2 Å². The number of urea groups is 1. The standard InChI is InChI=1S/C26H34F3N5O5/c1-16-30-22(39-31-16)19-13-18(17-5-7-21(8-6-17)38-26(27,28)29)14-33(15-19)23(35)32-11-9-20(10-12-32)34(24(36)37)25(2,3)4/h5-8,18-20H,9-15H2,1-4H3,(H,36,37). The van der Waals surface area contributed by atoms with Crippen molar-refractivity contribution in [3.63, 3.8) is 0 Å². The minimum atomic E-state index is -4.78. The number of benzene rings is 1. The molecule has 2 aliphatic rings. The number of nitrogens with zero attached hydrogens (tertiary/aromatic N) is 5. The van der Waals surface area contributed by atoms with Crippen molar-refractivity contribution in [2.45, 2.75) is 76.7 Å². The van der Waals surface area contributed by atoms with Crippen LogP contribution in [0.2, 0.25) is 0 Å². The van der Waals surface area contributed by atoms with Crippen LogP contribution in [0.25, 0.3) is 0 Å². The molecule has 2 aromatic rings. The molecule has 2 unspecified atom stereocenters. The third-order valence-corrected chi connectivity index (χ3v) is 7.23. The average Bonchev–Trinajstić information content (AvgIpc) is 3.28. The fourth-order valence-electron chi connectivity index (χ4n) is 5.60. The fourth-order valence-corrected chi connectivity index (χ4v) is 5.60. The maximum atomic E-state index is 13.6. The van der Waals surface area contributed by atoms with E-state index in [1.807, 2.05) is 20.8 Å². The quantitative estimate of drug-likeness (QED) is 0.553. The lowest BCUT2D eigenvalue weighted by atomic mass is 9.84. The van der Waals surface area contributed by atoms with E-state index >= 15 is 0 Å². The van der Waals surface area contributed by atoms with Gasteiger partial charge in [-0.2, -0.15) is 4.98 Å². The van der Waals surface area contributed by atoms with Crippen LogP contribution < -0.4 is 4.74 Å². The van der Waals surface area contributed by atoms with Crippen LogP contribution in [0, 0.1) is 6.92 Å². The molecule has 10 nitrogen and oxygen atoms in total. The van der Waals surface area contributed by atoms with Crippen molar-refractivity contribution >= 4 is 12.1 Å². The number of amides is 3. The number of carbonyl (C=O) groups is 2. The highest BCUT2D eigenvalue weighted by molar-refractivity contribution is 5.75. The summed E-state index contributed by atoms with van der Waals surface area (Å²) in [6.07, 6.45) is -4.13. The number of carboxylic acid groups (broad SMARTS) is 1. The van der Waals surface area contributed by atoms with Crippen molar-refractivity contribution < 1.29 is 37.1 Å². The molecule has 3 amide bonds. The molecule has 1 N–H and O–H groups in total. The molecule has 1 aromatic heterocycles. The number of likely N-dealkylation sites (tertiary alicyclic amines) is 2. The van der Waals surface area contributed by atoms with E-state index in [0.29, 0.717) is 57.2 Å². The van der Waals surface area contributed by atoms with Gasteiger partial charge in [0.2, 0.25) is 5.89 Å². The Kier molecular flexibility index (Phi) is 7.99. The van der Waals surface area contributed by atoms with Gasteiger partial charge in [-0.3, -0.25) is 0 Å². The SMILES string of the molecule is Cc1noc(C2CC(c3ccc(OC(F)(F)F)cc3)CN(C(=O)N3CCC(N(C(=O)O)C(C)(C)C)CC3)C2)n1. The zero-order chi connectivity index (χ0) is 28.5. The van der Waals surface area contributed by atoms with Crippen LogP contribution in [0.4, 0.5) is 22.8 Å². The highest BCUT2D eigenvalue weighted by Gasteiger charge is 2.39. The van der Waals surface area contributed by atoms with Gasteiger partial charge < -0.3 is 29.1 Å². The van der Waals surface area contributed by atoms with Crippen molar-refractivity contribution in [1.82, 2.24) is 24.8 Å². The molecule has 1 aromatic carbocycles. The molecule has 3 heterocycles. The van der Waals surface area contributed by atoms with Gasteiger partial charge >= 0.3 is 18.5 Å². The first kappa shape index (κ1) is 28.5. The predicted octanol–water partition coefficient (Wildman–Crippen LogP) is 5.21. The summed E-state index contributed by atoms with van der Waals surface area (Å²) in [5.41, 5.74) is 0.211. The molecule has 0 bridgehead atoms. The molecule has 0 radical (unpaired) electrons. The first-order valence-corrected chi connectivity index (χ1v) is 12.9. The van der Waals surface area contributed by atoms with Crippen LogP contribution in [-0.4, -0.2) is 86.2 Å². The number of aromatic nitrogens is 2. The Morgan fingerprint density at radius 3 is 2.18 bits per heavy atom. The van der Waals surface area contributed by atoms with Gasteiger partial charge in [-0.05, 0) is 64.7 Å². The van der Waals surface area contributed by atoms with Gasteiger partial charge in [0.1, 0.15) is 5.75 Å². The summed E-state index contributed by atoms with van der Waals surface area (Å²) >= 11 is 0. The summed E-state index contributed by atoms with van der Waals surface area (Å²) in [5.74, 6) is 0.143. The summed E-state index contributed by atoms with van der Waals surface area (Å²) in [4.78, 5) is 34.8. The van der Waals surface area contributed by atoms with Crippen LogP contribution in [-0.2, 0) is 0 Å². The monoisotopic (exact) mass is 553 g/mol. The highest BCUT2D eigenvalue weighted by atomic mass is 19.4. The summed E-state index contributed by atoms with van der Waals surface area (Å²) < 4.78 is 47.2. The molecule has 0 spiro atoms. The van der Waals surface area contributed by atoms with Crippen molar-refractivity contribution in [1.29, 1.82) is 0 Å². The smallest absolute Gasteiger partial charge is 0.465 e. The van der Waals surface area contributed by atoms with Gasteiger partial charge in [-0.1, -0.05) is 17.3 Å². The first-order valence-electron chi connectivity index (χ1n) is 12.9. The van der Waals surface area contributed by atoms with Gasteiger partial charge in [-0.25, -0.2) is 9.59 Å². The van der Waals surface area contributed by atoms with Crippen LogP contribution in [0.1, 0.15) is 69.1 Å². The number of hydrogen-bond donors (Lipinski definition) is 1. The Balaban J connectivity index is 1.49. The molecule has 2 atom stereocenters. The first-order chi connectivity index (χ1) is 18.2. The lowest BCUT2D eigenvalue weighted by Gasteiger charge is -2.45. The molecule has 2 fully saturated rings. The third kappa shape index (κ3) is 6.93. The van der Waals surface area contributed by atoms with Gasteiger partial charge in [0, 0.05) is 43.7 Å². The van der Waals surface area contributed by atoms with E-state index < -0.39 is 18.0 Å². The molecule has 2 aliphatic heterocycles. The Morgan fingerprint density at radius 2 is 1.67 bits per heavy atom. The number of hydrogen-bond acceptors (Lipinski definition) is 6. The van der Waals surface area contributed by atoms with E-state index in [2.05, 4.69) is 14.9 Å². The van der Waals surface area contributed by atoms with Crippen molar-refractivity contribution in [3.8, 4) is 5.75 Å². The highest BCUT2D eigenvalue weighted by Crippen LogP contribution is 2.37. The van der Waals surface area contributed by atoms with Gasteiger partial charge in [0.15, 0.2) is 5.82 Å². The number of halogens is 3. The summed E-state index contributed by atoms with van der Waals surface area (Å²) in [5, 5.41) is 13.6. The Morgan fingerprint density at radius 1 is 1.05 bits per heavy atom. The Labute approximate surface area is 224 Å². The average molecular weight is 554 g/mol. The molecular formula is C26H34F3N5O5. The summed E-state index contributed by atoms with van der Waals surface area (Å²) in [6, 6.07) is 5.33. The zero-order valence-corrected chi connectivity index (χ0v) is 22.4. The van der Waals surface area contributed by atoms with E-state index in [-0.39, 0.29) is 29.7 Å². The van der Waals surface area contributed by atoms with Crippen LogP contribution in [0.3, 0.4) is 0 Å². The van der Waals surface area contributed by atoms with Crippen LogP contribution >= 0.6 is 0 Å². The van der Waals surface area contributed by atoms with Crippen LogP contribution in [0.5, 0.6) is 5.75 Å². The molecule has 0 saturated carbocycles. The number of rotatable bonds is 4. The molecule has 39 heavy (non-hydrogen) atoms. The Hall–Kier alpha value is -3.51. The van der Waals surface area contributed by atoms with E-state index in [1.54, 1.807) is 28.9 Å². The maximum Gasteiger partial charge on any atom is 0.573 e.